The van der Waals surface area contributed by atoms with E-state index in [9.17, 15) is 4.79 Å². The fourth-order valence-corrected chi connectivity index (χ4v) is 2.67. The van der Waals surface area contributed by atoms with Crippen LogP contribution < -0.4 is 15.8 Å². The number of hydrogen-bond donors (Lipinski definition) is 2. The van der Waals surface area contributed by atoms with Crippen LogP contribution in [-0.4, -0.2) is 30.6 Å². The van der Waals surface area contributed by atoms with Crippen LogP contribution in [0.1, 0.15) is 30.6 Å². The number of rotatable bonds is 7. The number of thioether (sulfide) groups is 1. The molecule has 1 rings (SSSR count). The van der Waals surface area contributed by atoms with E-state index in [1.54, 1.807) is 12.1 Å². The molecule has 0 aliphatic carbocycles. The van der Waals surface area contributed by atoms with Gasteiger partial charge in [0.1, 0.15) is 5.75 Å². The first-order valence-electron chi connectivity index (χ1n) is 6.51. The van der Waals surface area contributed by atoms with E-state index in [2.05, 4.69) is 12.2 Å². The van der Waals surface area contributed by atoms with Crippen LogP contribution in [0, 0.1) is 0 Å². The van der Waals surface area contributed by atoms with Gasteiger partial charge in [0.15, 0.2) is 0 Å². The van der Waals surface area contributed by atoms with Crippen molar-refractivity contribution < 1.29 is 9.53 Å². The van der Waals surface area contributed by atoms with Gasteiger partial charge in [0.2, 0.25) is 0 Å². The highest BCUT2D eigenvalue weighted by Gasteiger charge is 2.16. The number of ether oxygens (including phenoxy) is 1. The van der Waals surface area contributed by atoms with E-state index in [4.69, 9.17) is 22.1 Å². The molecule has 0 fully saturated rings. The summed E-state index contributed by atoms with van der Waals surface area (Å²) in [5.74, 6) is 2.34. The van der Waals surface area contributed by atoms with E-state index < -0.39 is 0 Å². The maximum atomic E-state index is 12.2. The SMILES string of the molecule is CCSCCC(C)NC(=O)c1cc(Cl)c(N)cc1OC. The molecule has 3 N–H and O–H groups in total. The Morgan fingerprint density at radius 1 is 1.55 bits per heavy atom. The Labute approximate surface area is 129 Å². The minimum Gasteiger partial charge on any atom is -0.496 e. The van der Waals surface area contributed by atoms with Gasteiger partial charge in [0, 0.05) is 12.1 Å². The summed E-state index contributed by atoms with van der Waals surface area (Å²) < 4.78 is 5.18. The van der Waals surface area contributed by atoms with Crippen molar-refractivity contribution in [1.29, 1.82) is 0 Å². The normalized spacial score (nSPS) is 12.0. The van der Waals surface area contributed by atoms with E-state index in [-0.39, 0.29) is 11.9 Å². The van der Waals surface area contributed by atoms with Crippen molar-refractivity contribution in [1.82, 2.24) is 5.32 Å². The lowest BCUT2D eigenvalue weighted by atomic mass is 10.1. The summed E-state index contributed by atoms with van der Waals surface area (Å²) in [6.45, 7) is 4.11. The highest BCUT2D eigenvalue weighted by atomic mass is 35.5. The summed E-state index contributed by atoms with van der Waals surface area (Å²) in [6, 6.07) is 3.20. The molecule has 1 unspecified atom stereocenters. The van der Waals surface area contributed by atoms with E-state index in [1.807, 2.05) is 18.7 Å². The summed E-state index contributed by atoms with van der Waals surface area (Å²) in [5.41, 5.74) is 6.50. The van der Waals surface area contributed by atoms with Gasteiger partial charge in [-0.25, -0.2) is 0 Å². The molecule has 6 heteroatoms. The minimum atomic E-state index is -0.197. The first kappa shape index (κ1) is 17.0. The van der Waals surface area contributed by atoms with Crippen LogP contribution in [0.2, 0.25) is 5.02 Å². The Morgan fingerprint density at radius 3 is 2.85 bits per heavy atom. The smallest absolute Gasteiger partial charge is 0.255 e. The summed E-state index contributed by atoms with van der Waals surface area (Å²) in [6.07, 6.45) is 0.926. The first-order valence-corrected chi connectivity index (χ1v) is 8.04. The molecule has 1 atom stereocenters. The van der Waals surface area contributed by atoms with Gasteiger partial charge in [-0.15, -0.1) is 0 Å². The van der Waals surface area contributed by atoms with Gasteiger partial charge in [-0.2, -0.15) is 11.8 Å². The molecule has 1 amide bonds. The molecular formula is C14H21ClN2O2S. The molecule has 0 saturated carbocycles. The lowest BCUT2D eigenvalue weighted by Gasteiger charge is -2.15. The van der Waals surface area contributed by atoms with Crippen LogP contribution in [0.4, 0.5) is 5.69 Å². The maximum Gasteiger partial charge on any atom is 0.255 e. The first-order chi connectivity index (χ1) is 9.49. The van der Waals surface area contributed by atoms with E-state index in [0.717, 1.165) is 17.9 Å². The van der Waals surface area contributed by atoms with Crippen molar-refractivity contribution in [2.45, 2.75) is 26.3 Å². The zero-order chi connectivity index (χ0) is 15.1. The number of carbonyl (C=O) groups is 1. The third-order valence-electron chi connectivity index (χ3n) is 2.84. The van der Waals surface area contributed by atoms with Crippen LogP contribution in [0.15, 0.2) is 12.1 Å². The van der Waals surface area contributed by atoms with Crippen molar-refractivity contribution in [2.75, 3.05) is 24.3 Å². The van der Waals surface area contributed by atoms with Crippen LogP contribution in [0.3, 0.4) is 0 Å². The van der Waals surface area contributed by atoms with E-state index in [0.29, 0.717) is 22.0 Å². The van der Waals surface area contributed by atoms with Crippen molar-refractivity contribution in [3.8, 4) is 5.75 Å². The van der Waals surface area contributed by atoms with Gasteiger partial charge in [-0.3, -0.25) is 4.79 Å². The summed E-state index contributed by atoms with van der Waals surface area (Å²) in [7, 11) is 1.50. The molecule has 0 radical (unpaired) electrons. The fraction of sp³-hybridized carbons (Fsp3) is 0.500. The molecule has 1 aromatic carbocycles. The Balaban J connectivity index is 2.74. The molecule has 0 heterocycles. The second-order valence-corrected chi connectivity index (χ2v) is 6.24. The monoisotopic (exact) mass is 316 g/mol. The number of amides is 1. The molecule has 0 aromatic heterocycles. The van der Waals surface area contributed by atoms with Crippen LogP contribution in [-0.2, 0) is 0 Å². The summed E-state index contributed by atoms with van der Waals surface area (Å²) in [4.78, 5) is 12.2. The van der Waals surface area contributed by atoms with Gasteiger partial charge < -0.3 is 15.8 Å². The predicted octanol–water partition coefficient (Wildman–Crippen LogP) is 3.19. The average Bonchev–Trinajstić information content (AvgIpc) is 2.41. The van der Waals surface area contributed by atoms with Crippen LogP contribution >= 0.6 is 23.4 Å². The van der Waals surface area contributed by atoms with E-state index in [1.165, 1.54) is 7.11 Å². The Kier molecular flexibility index (Phi) is 7.02. The predicted molar refractivity (Wildman–Crippen MR) is 87.0 cm³/mol. The molecule has 0 aliphatic heterocycles. The zero-order valence-corrected chi connectivity index (χ0v) is 13.6. The molecule has 0 bridgehead atoms. The van der Waals surface area contributed by atoms with Gasteiger partial charge in [-0.1, -0.05) is 18.5 Å². The lowest BCUT2D eigenvalue weighted by molar-refractivity contribution is 0.0936. The van der Waals surface area contributed by atoms with Crippen molar-refractivity contribution in [2.24, 2.45) is 0 Å². The van der Waals surface area contributed by atoms with Crippen molar-refractivity contribution >= 4 is 35.0 Å². The van der Waals surface area contributed by atoms with Crippen LogP contribution in [0.25, 0.3) is 0 Å². The lowest BCUT2D eigenvalue weighted by Crippen LogP contribution is -2.33. The number of nitrogens with one attached hydrogen (secondary N) is 1. The molecule has 20 heavy (non-hydrogen) atoms. The molecule has 1 aromatic rings. The second kappa shape index (κ2) is 8.27. The number of halogens is 1. The van der Waals surface area contributed by atoms with Gasteiger partial charge in [0.05, 0.1) is 23.4 Å². The quantitative estimate of drug-likeness (QED) is 0.599. The molecule has 0 saturated heterocycles. The topological polar surface area (TPSA) is 64.4 Å². The highest BCUT2D eigenvalue weighted by molar-refractivity contribution is 7.99. The zero-order valence-electron chi connectivity index (χ0n) is 12.0. The van der Waals surface area contributed by atoms with Gasteiger partial charge >= 0.3 is 0 Å². The summed E-state index contributed by atoms with van der Waals surface area (Å²) >= 11 is 7.82. The molecular weight excluding hydrogens is 296 g/mol. The molecule has 4 nitrogen and oxygen atoms in total. The van der Waals surface area contributed by atoms with Gasteiger partial charge in [-0.05, 0) is 30.9 Å². The number of methoxy groups -OCH3 is 1. The fourth-order valence-electron chi connectivity index (χ4n) is 1.69. The van der Waals surface area contributed by atoms with Crippen molar-refractivity contribution in [3.05, 3.63) is 22.7 Å². The Bertz CT molecular complexity index is 469. The second-order valence-electron chi connectivity index (χ2n) is 4.43. The van der Waals surface area contributed by atoms with E-state index >= 15 is 0 Å². The number of hydrogen-bond acceptors (Lipinski definition) is 4. The third-order valence-corrected chi connectivity index (χ3v) is 4.10. The van der Waals surface area contributed by atoms with Crippen molar-refractivity contribution in [3.63, 3.8) is 0 Å². The average molecular weight is 317 g/mol. The van der Waals surface area contributed by atoms with Crippen LogP contribution in [0.5, 0.6) is 5.75 Å². The number of nitrogen functional groups attached to an aromatic ring is 1. The highest BCUT2D eigenvalue weighted by Crippen LogP contribution is 2.28. The van der Waals surface area contributed by atoms with Gasteiger partial charge in [0.25, 0.3) is 5.91 Å². The minimum absolute atomic E-state index is 0.0996. The number of carbonyl (C=O) groups excluding carboxylic acids is 1. The number of nitrogens with two attached hydrogens (primary N) is 1. The largest absolute Gasteiger partial charge is 0.496 e. The summed E-state index contributed by atoms with van der Waals surface area (Å²) in [5, 5.41) is 3.30. The number of benzene rings is 1. The Morgan fingerprint density at radius 2 is 2.25 bits per heavy atom. The number of anilines is 1. The maximum absolute atomic E-state index is 12.2. The molecule has 0 aliphatic rings. The third kappa shape index (κ3) is 4.80. The molecule has 0 spiro atoms. The standard InChI is InChI=1S/C14H21ClN2O2S/c1-4-20-6-5-9(2)17-14(18)10-7-11(15)12(16)8-13(10)19-3/h7-9H,4-6,16H2,1-3H3,(H,17,18). The molecule has 112 valence electrons. The Hall–Kier alpha value is -1.07.